The van der Waals surface area contributed by atoms with Gasteiger partial charge in [0.1, 0.15) is 0 Å². The molecule has 0 spiro atoms. The van der Waals surface area contributed by atoms with Crippen LogP contribution in [0.2, 0.25) is 5.02 Å². The summed E-state index contributed by atoms with van der Waals surface area (Å²) < 4.78 is 32.1. The van der Waals surface area contributed by atoms with Crippen molar-refractivity contribution in [2.24, 2.45) is 5.92 Å². The van der Waals surface area contributed by atoms with Crippen molar-refractivity contribution in [2.75, 3.05) is 44.7 Å². The van der Waals surface area contributed by atoms with Crippen LogP contribution in [0.5, 0.6) is 0 Å². The Kier molecular flexibility index (Phi) is 8.30. The molecule has 0 unspecified atom stereocenters. The van der Waals surface area contributed by atoms with Crippen molar-refractivity contribution >= 4 is 23.2 Å². The minimum atomic E-state index is -0.967. The summed E-state index contributed by atoms with van der Waals surface area (Å²) in [6, 6.07) is 11.8. The molecule has 0 aliphatic carbocycles. The molecule has 2 aliphatic rings. The van der Waals surface area contributed by atoms with E-state index in [9.17, 15) is 13.6 Å². The largest absolute Gasteiger partial charge is 0.379 e. The fourth-order valence-corrected chi connectivity index (χ4v) is 5.00. The van der Waals surface area contributed by atoms with E-state index in [0.717, 1.165) is 75.9 Å². The molecule has 33 heavy (non-hydrogen) atoms. The van der Waals surface area contributed by atoms with Gasteiger partial charge < -0.3 is 10.1 Å². The van der Waals surface area contributed by atoms with E-state index in [-0.39, 0.29) is 11.6 Å². The number of benzene rings is 2. The summed E-state index contributed by atoms with van der Waals surface area (Å²) in [5.41, 5.74) is 1.50. The van der Waals surface area contributed by atoms with E-state index in [1.54, 1.807) is 0 Å². The molecule has 1 N–H and O–H groups in total. The highest BCUT2D eigenvalue weighted by Crippen LogP contribution is 2.28. The second-order valence-corrected chi connectivity index (χ2v) is 9.28. The first kappa shape index (κ1) is 24.1. The number of nitrogens with zero attached hydrogens (tertiary/aromatic N) is 2. The molecule has 1 amide bonds. The van der Waals surface area contributed by atoms with Gasteiger partial charge in [0.15, 0.2) is 11.6 Å². The zero-order valence-electron chi connectivity index (χ0n) is 18.6. The summed E-state index contributed by atoms with van der Waals surface area (Å²) in [6.45, 7) is 6.08. The number of carbonyl (C=O) groups excluding carboxylic acids is 1. The SMILES string of the molecule is O=C(CC[C@H]1CN(Cc2ccc(Cl)cc2)CC[C@H]1N1CCOCC1)Nc1ccc(F)c(F)c1. The molecule has 0 aromatic heterocycles. The first-order valence-electron chi connectivity index (χ1n) is 11.5. The summed E-state index contributed by atoms with van der Waals surface area (Å²) in [5, 5.41) is 3.43. The zero-order chi connectivity index (χ0) is 23.2. The monoisotopic (exact) mass is 477 g/mol. The summed E-state index contributed by atoms with van der Waals surface area (Å²) in [4.78, 5) is 17.5. The molecule has 0 saturated carbocycles. The fourth-order valence-electron chi connectivity index (χ4n) is 4.87. The lowest BCUT2D eigenvalue weighted by molar-refractivity contribution is -0.116. The number of halogens is 3. The average molecular weight is 478 g/mol. The van der Waals surface area contributed by atoms with Crippen LogP contribution < -0.4 is 5.32 Å². The lowest BCUT2D eigenvalue weighted by Gasteiger charge is -2.45. The van der Waals surface area contributed by atoms with Gasteiger partial charge in [-0.25, -0.2) is 8.78 Å². The number of amides is 1. The van der Waals surface area contributed by atoms with Crippen molar-refractivity contribution in [1.82, 2.24) is 9.80 Å². The molecule has 2 aliphatic heterocycles. The number of rotatable bonds is 7. The van der Waals surface area contributed by atoms with Crippen molar-refractivity contribution in [3.8, 4) is 0 Å². The predicted octanol–water partition coefficient (Wildman–Crippen LogP) is 4.56. The van der Waals surface area contributed by atoms with E-state index in [1.807, 2.05) is 12.1 Å². The van der Waals surface area contributed by atoms with E-state index in [2.05, 4.69) is 27.2 Å². The van der Waals surface area contributed by atoms with Crippen LogP contribution >= 0.6 is 11.6 Å². The molecule has 178 valence electrons. The minimum absolute atomic E-state index is 0.184. The predicted molar refractivity (Wildman–Crippen MR) is 125 cm³/mol. The molecule has 2 aromatic rings. The van der Waals surface area contributed by atoms with Gasteiger partial charge in [0, 0.05) is 55.4 Å². The van der Waals surface area contributed by atoms with Crippen molar-refractivity contribution in [2.45, 2.75) is 31.8 Å². The van der Waals surface area contributed by atoms with E-state index >= 15 is 0 Å². The van der Waals surface area contributed by atoms with Crippen LogP contribution in [-0.2, 0) is 16.1 Å². The van der Waals surface area contributed by atoms with Crippen LogP contribution in [0.4, 0.5) is 14.5 Å². The number of nitrogens with one attached hydrogen (secondary N) is 1. The van der Waals surface area contributed by atoms with Gasteiger partial charge in [0.2, 0.25) is 5.91 Å². The Bertz CT molecular complexity index is 938. The number of hydrogen-bond acceptors (Lipinski definition) is 4. The Hall–Kier alpha value is -2.06. The maximum absolute atomic E-state index is 13.5. The van der Waals surface area contributed by atoms with Crippen LogP contribution in [0, 0.1) is 17.6 Å². The molecule has 2 aromatic carbocycles. The lowest BCUT2D eigenvalue weighted by Crippen LogP contribution is -2.53. The third kappa shape index (κ3) is 6.73. The summed E-state index contributed by atoms with van der Waals surface area (Å²) in [7, 11) is 0. The molecule has 2 heterocycles. The number of piperidine rings is 1. The second-order valence-electron chi connectivity index (χ2n) is 8.84. The third-order valence-electron chi connectivity index (χ3n) is 6.56. The number of likely N-dealkylation sites (tertiary alicyclic amines) is 1. The highest BCUT2D eigenvalue weighted by molar-refractivity contribution is 6.30. The van der Waals surface area contributed by atoms with Crippen LogP contribution in [-0.4, -0.2) is 61.1 Å². The maximum Gasteiger partial charge on any atom is 0.224 e. The standard InChI is InChI=1S/C25H30ClF2N3O2/c26-20-4-1-18(2-5-20)16-30-10-9-24(31-11-13-33-14-12-31)19(17-30)3-8-25(32)29-21-6-7-22(27)23(28)15-21/h1-2,4-7,15,19,24H,3,8-14,16-17H2,(H,29,32)/t19-,24+/m0/s1. The van der Waals surface area contributed by atoms with E-state index in [4.69, 9.17) is 16.3 Å². The fraction of sp³-hybridized carbons (Fsp3) is 0.480. The van der Waals surface area contributed by atoms with Crippen LogP contribution in [0.3, 0.4) is 0 Å². The number of carbonyl (C=O) groups is 1. The summed E-state index contributed by atoms with van der Waals surface area (Å²) in [6.07, 6.45) is 2.11. The molecule has 2 atom stereocenters. The van der Waals surface area contributed by atoms with E-state index in [1.165, 1.54) is 11.6 Å². The van der Waals surface area contributed by atoms with Crippen LogP contribution in [0.1, 0.15) is 24.8 Å². The van der Waals surface area contributed by atoms with Crippen LogP contribution in [0.15, 0.2) is 42.5 Å². The minimum Gasteiger partial charge on any atom is -0.379 e. The Labute approximate surface area is 198 Å². The molecule has 2 fully saturated rings. The highest BCUT2D eigenvalue weighted by atomic mass is 35.5. The average Bonchev–Trinajstić information content (AvgIpc) is 2.82. The van der Waals surface area contributed by atoms with Gasteiger partial charge in [-0.3, -0.25) is 14.6 Å². The van der Waals surface area contributed by atoms with Crippen molar-refractivity contribution in [3.63, 3.8) is 0 Å². The van der Waals surface area contributed by atoms with Gasteiger partial charge >= 0.3 is 0 Å². The van der Waals surface area contributed by atoms with E-state index < -0.39 is 11.6 Å². The van der Waals surface area contributed by atoms with Gasteiger partial charge in [0.05, 0.1) is 13.2 Å². The first-order chi connectivity index (χ1) is 16.0. The molecular weight excluding hydrogens is 448 g/mol. The molecule has 0 bridgehead atoms. The first-order valence-corrected chi connectivity index (χ1v) is 11.9. The zero-order valence-corrected chi connectivity index (χ0v) is 19.4. The second kappa shape index (κ2) is 11.4. The van der Waals surface area contributed by atoms with Gasteiger partial charge in [-0.2, -0.15) is 0 Å². The van der Waals surface area contributed by atoms with Gasteiger partial charge in [-0.1, -0.05) is 23.7 Å². The topological polar surface area (TPSA) is 44.8 Å². The Morgan fingerprint density at radius 3 is 2.55 bits per heavy atom. The van der Waals surface area contributed by atoms with Gasteiger partial charge in [-0.15, -0.1) is 0 Å². The van der Waals surface area contributed by atoms with E-state index in [0.29, 0.717) is 18.4 Å². The van der Waals surface area contributed by atoms with Crippen LogP contribution in [0.25, 0.3) is 0 Å². The Morgan fingerprint density at radius 2 is 1.82 bits per heavy atom. The molecule has 2 saturated heterocycles. The quantitative estimate of drug-likeness (QED) is 0.635. The number of anilines is 1. The summed E-state index contributed by atoms with van der Waals surface area (Å²) >= 11 is 6.02. The molecular formula is C25H30ClF2N3O2. The van der Waals surface area contributed by atoms with Crippen molar-refractivity contribution in [1.29, 1.82) is 0 Å². The summed E-state index contributed by atoms with van der Waals surface area (Å²) in [5.74, 6) is -1.74. The van der Waals surface area contributed by atoms with Gasteiger partial charge in [-0.05, 0) is 55.1 Å². The number of hydrogen-bond donors (Lipinski definition) is 1. The van der Waals surface area contributed by atoms with Crippen molar-refractivity contribution < 1.29 is 18.3 Å². The maximum atomic E-state index is 13.5. The third-order valence-corrected chi connectivity index (χ3v) is 6.81. The normalized spacial score (nSPS) is 22.3. The Balaban J connectivity index is 1.37. The van der Waals surface area contributed by atoms with Gasteiger partial charge in [0.25, 0.3) is 0 Å². The smallest absolute Gasteiger partial charge is 0.224 e. The number of morpholine rings is 1. The highest BCUT2D eigenvalue weighted by Gasteiger charge is 2.34. The molecule has 5 nitrogen and oxygen atoms in total. The van der Waals surface area contributed by atoms with Crippen molar-refractivity contribution in [3.05, 3.63) is 64.7 Å². The Morgan fingerprint density at radius 1 is 1.06 bits per heavy atom. The number of ether oxygens (including phenoxy) is 1. The molecule has 4 rings (SSSR count). The molecule has 0 radical (unpaired) electrons. The molecule has 8 heteroatoms. The lowest BCUT2D eigenvalue weighted by atomic mass is 9.86.